The second-order valence-electron chi connectivity index (χ2n) is 8.45. The van der Waals surface area contributed by atoms with Crippen LogP contribution in [0.3, 0.4) is 0 Å². The number of hydrogen-bond acceptors (Lipinski definition) is 6. The smallest absolute Gasteiger partial charge is 0.292 e. The quantitative estimate of drug-likeness (QED) is 0.237. The van der Waals surface area contributed by atoms with Crippen molar-refractivity contribution in [2.45, 2.75) is 43.3 Å². The Bertz CT molecular complexity index is 1710. The number of aromatic nitrogens is 3. The van der Waals surface area contributed by atoms with Crippen LogP contribution >= 0.6 is 15.9 Å². The monoisotopic (exact) mass is 566 g/mol. The van der Waals surface area contributed by atoms with Gasteiger partial charge in [0.25, 0.3) is 11.1 Å². The molecule has 5 aromatic rings. The lowest BCUT2D eigenvalue weighted by Gasteiger charge is -2.10. The molecule has 0 radical (unpaired) electrons. The summed E-state index contributed by atoms with van der Waals surface area (Å²) in [7, 11) is -4.06. The molecule has 8 nitrogen and oxygen atoms in total. The average Bonchev–Trinajstić information content (AvgIpc) is 3.44. The molecule has 184 valence electrons. The molecule has 36 heavy (non-hydrogen) atoms. The number of rotatable bonds is 7. The molecule has 1 amide bonds. The van der Waals surface area contributed by atoms with E-state index in [1.165, 1.54) is 18.2 Å². The van der Waals surface area contributed by atoms with E-state index in [0.29, 0.717) is 22.2 Å². The van der Waals surface area contributed by atoms with Crippen molar-refractivity contribution in [3.05, 3.63) is 76.7 Å². The molecule has 0 bridgehead atoms. The Morgan fingerprint density at radius 2 is 1.81 bits per heavy atom. The van der Waals surface area contributed by atoms with Gasteiger partial charge in [0.2, 0.25) is 9.84 Å². The summed E-state index contributed by atoms with van der Waals surface area (Å²) in [5, 5.41) is 3.78. The minimum Gasteiger partial charge on any atom is -0.444 e. The summed E-state index contributed by atoms with van der Waals surface area (Å²) in [6.45, 7) is 4.61. The van der Waals surface area contributed by atoms with Crippen LogP contribution in [0.25, 0.3) is 21.9 Å². The van der Waals surface area contributed by atoms with Crippen LogP contribution in [0, 0.1) is 6.92 Å². The number of furan rings is 1. The molecule has 0 saturated carbocycles. The van der Waals surface area contributed by atoms with E-state index in [1.807, 2.05) is 35.8 Å². The summed E-state index contributed by atoms with van der Waals surface area (Å²) in [5.41, 5.74) is 2.26. The van der Waals surface area contributed by atoms with Gasteiger partial charge in [-0.3, -0.25) is 4.79 Å². The van der Waals surface area contributed by atoms with E-state index < -0.39 is 15.7 Å². The van der Waals surface area contributed by atoms with Gasteiger partial charge in [-0.2, -0.15) is 9.97 Å². The summed E-state index contributed by atoms with van der Waals surface area (Å²) >= 11 is 3.20. The van der Waals surface area contributed by atoms with Gasteiger partial charge in [-0.15, -0.1) is 0 Å². The normalized spacial score (nSPS) is 11.9. The van der Waals surface area contributed by atoms with Gasteiger partial charge in [0, 0.05) is 11.9 Å². The summed E-state index contributed by atoms with van der Waals surface area (Å²) in [6, 6.07) is 17.3. The van der Waals surface area contributed by atoms with E-state index in [0.717, 1.165) is 29.3 Å². The fraction of sp³-hybridized carbons (Fsp3) is 0.192. The molecule has 0 saturated heterocycles. The van der Waals surface area contributed by atoms with Crippen LogP contribution in [-0.2, 0) is 16.4 Å². The molecule has 0 spiro atoms. The number of amides is 1. The third-order valence-corrected chi connectivity index (χ3v) is 7.91. The Morgan fingerprint density at radius 1 is 1.06 bits per heavy atom. The van der Waals surface area contributed by atoms with Gasteiger partial charge in [0.1, 0.15) is 11.5 Å². The van der Waals surface area contributed by atoms with E-state index in [9.17, 15) is 13.2 Å². The van der Waals surface area contributed by atoms with Crippen molar-refractivity contribution < 1.29 is 17.6 Å². The molecule has 0 atom stereocenters. The zero-order valence-corrected chi connectivity index (χ0v) is 22.1. The largest absolute Gasteiger partial charge is 0.444 e. The summed E-state index contributed by atoms with van der Waals surface area (Å²) in [5.74, 6) is -0.384. The van der Waals surface area contributed by atoms with Gasteiger partial charge < -0.3 is 14.3 Å². The first-order valence-corrected chi connectivity index (χ1v) is 13.7. The highest BCUT2D eigenvalue weighted by molar-refractivity contribution is 9.10. The maximum atomic E-state index is 13.6. The number of halogens is 1. The number of aryl methyl sites for hydroxylation is 2. The number of fused-ring (bicyclic) bond motifs is 3. The molecule has 0 aliphatic rings. The third kappa shape index (κ3) is 4.31. The summed E-state index contributed by atoms with van der Waals surface area (Å²) in [6.07, 6.45) is 1.82. The Balaban J connectivity index is 1.77. The predicted octanol–water partition coefficient (Wildman–Crippen LogP) is 6.13. The second-order valence-corrected chi connectivity index (χ2v) is 11.1. The Kier molecular flexibility index (Phi) is 6.40. The maximum absolute atomic E-state index is 13.6. The predicted molar refractivity (Wildman–Crippen MR) is 141 cm³/mol. The second kappa shape index (κ2) is 9.51. The number of hydrogen-bond donors (Lipinski definition) is 1. The lowest BCUT2D eigenvalue weighted by Crippen LogP contribution is -2.16. The molecule has 5 rings (SSSR count). The molecule has 2 aromatic carbocycles. The molecule has 0 unspecified atom stereocenters. The zero-order chi connectivity index (χ0) is 25.4. The fourth-order valence-electron chi connectivity index (χ4n) is 4.09. The zero-order valence-electron chi connectivity index (χ0n) is 19.7. The van der Waals surface area contributed by atoms with E-state index in [4.69, 9.17) is 4.42 Å². The van der Waals surface area contributed by atoms with E-state index in [2.05, 4.69) is 38.1 Å². The van der Waals surface area contributed by atoms with E-state index >= 15 is 0 Å². The molecule has 0 aliphatic heterocycles. The highest BCUT2D eigenvalue weighted by atomic mass is 79.9. The first kappa shape index (κ1) is 24.2. The number of sulfone groups is 1. The first-order valence-electron chi connectivity index (χ1n) is 11.5. The van der Waals surface area contributed by atoms with Crippen LogP contribution in [0.15, 0.2) is 79.8 Å². The van der Waals surface area contributed by atoms with Gasteiger partial charge in [-0.1, -0.05) is 49.2 Å². The van der Waals surface area contributed by atoms with E-state index in [1.54, 1.807) is 18.2 Å². The van der Waals surface area contributed by atoms with Gasteiger partial charge in [0.05, 0.1) is 15.8 Å². The van der Waals surface area contributed by atoms with Crippen molar-refractivity contribution in [2.24, 2.45) is 0 Å². The molecule has 3 aromatic heterocycles. The first-order chi connectivity index (χ1) is 17.3. The molecule has 3 heterocycles. The number of carbonyl (C=O) groups is 1. The minimum absolute atomic E-state index is 0.0614. The lowest BCUT2D eigenvalue weighted by atomic mass is 10.2. The van der Waals surface area contributed by atoms with Crippen molar-refractivity contribution in [1.82, 2.24) is 14.5 Å². The average molecular weight is 567 g/mol. The van der Waals surface area contributed by atoms with Crippen LogP contribution in [-0.4, -0.2) is 28.9 Å². The Labute approximate surface area is 216 Å². The van der Waals surface area contributed by atoms with Gasteiger partial charge in [-0.25, -0.2) is 8.42 Å². The molecular weight excluding hydrogens is 544 g/mol. The Morgan fingerprint density at radius 3 is 2.50 bits per heavy atom. The van der Waals surface area contributed by atoms with Crippen molar-refractivity contribution in [1.29, 1.82) is 0 Å². The third-order valence-electron chi connectivity index (χ3n) is 5.93. The lowest BCUT2D eigenvalue weighted by molar-refractivity contribution is 0.0995. The minimum atomic E-state index is -4.06. The number of para-hydroxylation sites is 1. The van der Waals surface area contributed by atoms with E-state index in [-0.39, 0.29) is 21.6 Å². The van der Waals surface area contributed by atoms with Crippen LogP contribution < -0.4 is 5.32 Å². The maximum Gasteiger partial charge on any atom is 0.292 e. The number of nitrogens with one attached hydrogen (secondary N) is 1. The Hall–Kier alpha value is -3.50. The highest BCUT2D eigenvalue weighted by Gasteiger charge is 2.27. The van der Waals surface area contributed by atoms with Crippen LogP contribution in [0.1, 0.15) is 35.9 Å². The van der Waals surface area contributed by atoms with Crippen molar-refractivity contribution in [2.75, 3.05) is 5.32 Å². The number of nitrogens with zero attached hydrogens (tertiary/aromatic N) is 3. The summed E-state index contributed by atoms with van der Waals surface area (Å²) in [4.78, 5) is 22.0. The number of carbonyl (C=O) groups excluding carboxylic acids is 1. The van der Waals surface area contributed by atoms with Gasteiger partial charge in [0.15, 0.2) is 10.4 Å². The topological polar surface area (TPSA) is 107 Å². The SMILES string of the molecule is CCCCn1c2ccccc2c2c(NC(=O)c3ccc(Br)o3)nc(S(=O)(=O)c3ccc(C)cc3)nc21. The van der Waals surface area contributed by atoms with Crippen LogP contribution in [0.5, 0.6) is 0 Å². The number of unbranched alkanes of at least 4 members (excludes halogenated alkanes) is 1. The van der Waals surface area contributed by atoms with Gasteiger partial charge >= 0.3 is 0 Å². The van der Waals surface area contributed by atoms with Crippen molar-refractivity contribution >= 4 is 59.4 Å². The van der Waals surface area contributed by atoms with Crippen LogP contribution in [0.4, 0.5) is 5.82 Å². The molecule has 0 aliphatic carbocycles. The van der Waals surface area contributed by atoms with Crippen molar-refractivity contribution in [3.8, 4) is 0 Å². The van der Waals surface area contributed by atoms with Crippen molar-refractivity contribution in [3.63, 3.8) is 0 Å². The number of benzene rings is 2. The molecule has 0 fully saturated rings. The fourth-order valence-corrected chi connectivity index (χ4v) is 5.52. The standard InChI is InChI=1S/C26H23BrN4O4S/c1-3-4-15-31-19-8-6-5-7-18(19)22-23(28-25(32)20-13-14-21(27)35-20)29-26(30-24(22)31)36(33,34)17-11-9-16(2)10-12-17/h5-14H,3-4,15H2,1-2H3,(H,28,29,30,32). The highest BCUT2D eigenvalue weighted by Crippen LogP contribution is 2.34. The molecule has 10 heteroatoms. The summed E-state index contributed by atoms with van der Waals surface area (Å²) < 4.78 is 34.9. The van der Waals surface area contributed by atoms with Crippen LogP contribution in [0.2, 0.25) is 0 Å². The molecule has 1 N–H and O–H groups in total. The number of anilines is 1. The van der Waals surface area contributed by atoms with Gasteiger partial charge in [-0.05, 0) is 59.6 Å². The molecular formula is C26H23BrN4O4S.